The van der Waals surface area contributed by atoms with Crippen molar-refractivity contribution in [3.8, 4) is 0 Å². The van der Waals surface area contributed by atoms with Gasteiger partial charge in [-0.3, -0.25) is 0 Å². The summed E-state index contributed by atoms with van der Waals surface area (Å²) in [5.74, 6) is 0.795. The van der Waals surface area contributed by atoms with Crippen LogP contribution in [0.1, 0.15) is 40.5 Å². The summed E-state index contributed by atoms with van der Waals surface area (Å²) in [7, 11) is 0. The highest BCUT2D eigenvalue weighted by Gasteiger charge is 2.03. The molecule has 0 unspecified atom stereocenters. The van der Waals surface area contributed by atoms with E-state index < -0.39 is 0 Å². The Hall–Kier alpha value is -0.460. The summed E-state index contributed by atoms with van der Waals surface area (Å²) >= 11 is 0. The van der Waals surface area contributed by atoms with Crippen LogP contribution in [0.2, 0.25) is 0 Å². The first-order chi connectivity index (χ1) is 5.61. The second kappa shape index (κ2) is 6.10. The molecule has 0 heterocycles. The lowest BCUT2D eigenvalue weighted by atomic mass is 10.1. The maximum absolute atomic E-state index is 4.05. The molecule has 0 fully saturated rings. The molecule has 0 saturated heterocycles. The SMILES string of the molecule is C=C(CC)N(CC)CCC(C)C. The molecule has 1 nitrogen and oxygen atoms in total. The standard InChI is InChI=1S/C11H23N/c1-6-11(5)12(7-2)9-8-10(3)4/h10H,5-9H2,1-4H3. The second-order valence-corrected chi connectivity index (χ2v) is 3.68. The van der Waals surface area contributed by atoms with Crippen LogP contribution in [0.5, 0.6) is 0 Å². The molecule has 0 aromatic carbocycles. The van der Waals surface area contributed by atoms with Gasteiger partial charge in [0.2, 0.25) is 0 Å². The topological polar surface area (TPSA) is 3.24 Å². The van der Waals surface area contributed by atoms with E-state index in [4.69, 9.17) is 0 Å². The van der Waals surface area contributed by atoms with Gasteiger partial charge in [0.1, 0.15) is 0 Å². The van der Waals surface area contributed by atoms with Crippen molar-refractivity contribution in [1.29, 1.82) is 0 Å². The minimum atomic E-state index is 0.795. The zero-order valence-corrected chi connectivity index (χ0v) is 9.06. The van der Waals surface area contributed by atoms with Gasteiger partial charge >= 0.3 is 0 Å². The van der Waals surface area contributed by atoms with E-state index in [9.17, 15) is 0 Å². The lowest BCUT2D eigenvalue weighted by Crippen LogP contribution is -2.23. The fourth-order valence-corrected chi connectivity index (χ4v) is 1.18. The third-order valence-corrected chi connectivity index (χ3v) is 2.21. The number of allylic oxidation sites excluding steroid dienone is 1. The van der Waals surface area contributed by atoms with Gasteiger partial charge in [0.05, 0.1) is 0 Å². The van der Waals surface area contributed by atoms with Gasteiger partial charge in [0.15, 0.2) is 0 Å². The monoisotopic (exact) mass is 169 g/mol. The summed E-state index contributed by atoms with van der Waals surface area (Å²) in [6, 6.07) is 0. The maximum Gasteiger partial charge on any atom is 0.0177 e. The molecular weight excluding hydrogens is 146 g/mol. The first kappa shape index (κ1) is 11.5. The van der Waals surface area contributed by atoms with Crippen LogP contribution < -0.4 is 0 Å². The number of hydrogen-bond donors (Lipinski definition) is 0. The number of hydrogen-bond acceptors (Lipinski definition) is 1. The third-order valence-electron chi connectivity index (χ3n) is 2.21. The summed E-state index contributed by atoms with van der Waals surface area (Å²) in [5.41, 5.74) is 1.28. The third kappa shape index (κ3) is 4.42. The summed E-state index contributed by atoms with van der Waals surface area (Å²) < 4.78 is 0. The van der Waals surface area contributed by atoms with Crippen LogP contribution in [0.4, 0.5) is 0 Å². The zero-order chi connectivity index (χ0) is 9.56. The smallest absolute Gasteiger partial charge is 0.0177 e. The molecule has 0 aliphatic rings. The van der Waals surface area contributed by atoms with Crippen molar-refractivity contribution in [1.82, 2.24) is 4.90 Å². The molecule has 0 spiro atoms. The Labute approximate surface area is 77.5 Å². The van der Waals surface area contributed by atoms with Gasteiger partial charge in [-0.1, -0.05) is 27.4 Å². The summed E-state index contributed by atoms with van der Waals surface area (Å²) in [5, 5.41) is 0. The summed E-state index contributed by atoms with van der Waals surface area (Å²) in [6.45, 7) is 15.2. The predicted octanol–water partition coefficient (Wildman–Crippen LogP) is 3.28. The Kier molecular flexibility index (Phi) is 5.87. The Morgan fingerprint density at radius 1 is 1.33 bits per heavy atom. The molecule has 0 aromatic rings. The molecule has 0 aliphatic carbocycles. The average molecular weight is 169 g/mol. The van der Waals surface area contributed by atoms with Crippen LogP contribution in [-0.2, 0) is 0 Å². The molecule has 0 bridgehead atoms. The van der Waals surface area contributed by atoms with Gasteiger partial charge < -0.3 is 4.90 Å². The fourth-order valence-electron chi connectivity index (χ4n) is 1.18. The molecule has 0 saturated carbocycles. The molecule has 0 amide bonds. The van der Waals surface area contributed by atoms with E-state index in [0.717, 1.165) is 18.9 Å². The van der Waals surface area contributed by atoms with Crippen LogP contribution in [-0.4, -0.2) is 18.0 Å². The van der Waals surface area contributed by atoms with Crippen molar-refractivity contribution < 1.29 is 0 Å². The van der Waals surface area contributed by atoms with Crippen molar-refractivity contribution in [2.75, 3.05) is 13.1 Å². The van der Waals surface area contributed by atoms with Gasteiger partial charge in [-0.15, -0.1) is 0 Å². The van der Waals surface area contributed by atoms with Crippen molar-refractivity contribution in [3.63, 3.8) is 0 Å². The van der Waals surface area contributed by atoms with Crippen molar-refractivity contribution in [2.45, 2.75) is 40.5 Å². The van der Waals surface area contributed by atoms with Gasteiger partial charge in [0, 0.05) is 18.8 Å². The first-order valence-electron chi connectivity index (χ1n) is 5.04. The fraction of sp³-hybridized carbons (Fsp3) is 0.818. The Morgan fingerprint density at radius 3 is 2.25 bits per heavy atom. The van der Waals surface area contributed by atoms with E-state index in [1.807, 2.05) is 0 Å². The zero-order valence-electron chi connectivity index (χ0n) is 9.06. The normalized spacial score (nSPS) is 10.4. The Bertz CT molecular complexity index is 127. The van der Waals surface area contributed by atoms with Gasteiger partial charge in [-0.05, 0) is 25.7 Å². The van der Waals surface area contributed by atoms with E-state index in [1.165, 1.54) is 18.7 Å². The van der Waals surface area contributed by atoms with Crippen LogP contribution in [0.15, 0.2) is 12.3 Å². The molecule has 0 radical (unpaired) electrons. The highest BCUT2D eigenvalue weighted by atomic mass is 15.1. The molecule has 0 atom stereocenters. The summed E-state index contributed by atoms with van der Waals surface area (Å²) in [6.07, 6.45) is 2.35. The molecule has 12 heavy (non-hydrogen) atoms. The van der Waals surface area contributed by atoms with Crippen LogP contribution >= 0.6 is 0 Å². The maximum atomic E-state index is 4.05. The van der Waals surface area contributed by atoms with Crippen molar-refractivity contribution in [3.05, 3.63) is 12.3 Å². The van der Waals surface area contributed by atoms with Gasteiger partial charge in [-0.2, -0.15) is 0 Å². The molecule has 0 aromatic heterocycles. The lowest BCUT2D eigenvalue weighted by Gasteiger charge is -2.25. The highest BCUT2D eigenvalue weighted by Crippen LogP contribution is 2.09. The largest absolute Gasteiger partial charge is 0.376 e. The molecular formula is C11H23N. The highest BCUT2D eigenvalue weighted by molar-refractivity contribution is 4.91. The quantitative estimate of drug-likeness (QED) is 0.590. The lowest BCUT2D eigenvalue weighted by molar-refractivity contribution is 0.327. The van der Waals surface area contributed by atoms with E-state index in [0.29, 0.717) is 0 Å². The molecule has 0 rings (SSSR count). The Morgan fingerprint density at radius 2 is 1.92 bits per heavy atom. The van der Waals surface area contributed by atoms with E-state index in [2.05, 4.69) is 39.2 Å². The van der Waals surface area contributed by atoms with Crippen LogP contribution in [0.3, 0.4) is 0 Å². The predicted molar refractivity (Wildman–Crippen MR) is 56.1 cm³/mol. The average Bonchev–Trinajstić information content (AvgIpc) is 2.04. The first-order valence-corrected chi connectivity index (χ1v) is 5.04. The van der Waals surface area contributed by atoms with Crippen LogP contribution in [0, 0.1) is 5.92 Å². The molecule has 1 heteroatoms. The van der Waals surface area contributed by atoms with Crippen LogP contribution in [0.25, 0.3) is 0 Å². The second-order valence-electron chi connectivity index (χ2n) is 3.68. The number of nitrogens with zero attached hydrogens (tertiary/aromatic N) is 1. The molecule has 72 valence electrons. The van der Waals surface area contributed by atoms with Crippen molar-refractivity contribution >= 4 is 0 Å². The van der Waals surface area contributed by atoms with E-state index in [1.54, 1.807) is 0 Å². The molecule has 0 N–H and O–H groups in total. The minimum Gasteiger partial charge on any atom is -0.376 e. The Balaban J connectivity index is 3.75. The van der Waals surface area contributed by atoms with Gasteiger partial charge in [0.25, 0.3) is 0 Å². The molecule has 0 aliphatic heterocycles. The van der Waals surface area contributed by atoms with Crippen molar-refractivity contribution in [2.24, 2.45) is 5.92 Å². The van der Waals surface area contributed by atoms with E-state index >= 15 is 0 Å². The van der Waals surface area contributed by atoms with E-state index in [-0.39, 0.29) is 0 Å². The number of rotatable bonds is 6. The minimum absolute atomic E-state index is 0.795. The van der Waals surface area contributed by atoms with Gasteiger partial charge in [-0.25, -0.2) is 0 Å². The summed E-state index contributed by atoms with van der Waals surface area (Å²) in [4.78, 5) is 2.38.